The molecule has 0 heteroatoms. The fourth-order valence-corrected chi connectivity index (χ4v) is 0.957. The average Bonchev–Trinajstić information content (AvgIpc) is 1.62. The Morgan fingerprint density at radius 1 is 0.625 bits per heavy atom. The van der Waals surface area contributed by atoms with Crippen LogP contribution in [0, 0.1) is 11.8 Å². The minimum Gasteiger partial charge on any atom is -0.103 e. The van der Waals surface area contributed by atoms with E-state index in [-0.39, 0.29) is 0 Å². The van der Waals surface area contributed by atoms with Crippen LogP contribution < -0.4 is 0 Å². The summed E-state index contributed by atoms with van der Waals surface area (Å²) >= 11 is 0. The lowest BCUT2D eigenvalue weighted by Gasteiger charge is -1.97. The predicted molar refractivity (Wildman–Crippen MR) is 35.5 cm³/mol. The van der Waals surface area contributed by atoms with Crippen molar-refractivity contribution in [3.8, 4) is 11.8 Å². The van der Waals surface area contributed by atoms with Gasteiger partial charge in [-0.2, -0.15) is 0 Å². The summed E-state index contributed by atoms with van der Waals surface area (Å²) in [5.41, 5.74) is 0. The van der Waals surface area contributed by atoms with E-state index in [9.17, 15) is 0 Å². The third kappa shape index (κ3) is 2.02. The van der Waals surface area contributed by atoms with Gasteiger partial charge in [0.05, 0.1) is 0 Å². The first kappa shape index (κ1) is 5.69. The van der Waals surface area contributed by atoms with Crippen LogP contribution in [0.15, 0.2) is 0 Å². The molecule has 1 aliphatic carbocycles. The molecule has 0 aromatic heterocycles. The van der Waals surface area contributed by atoms with Crippen LogP contribution in [-0.4, -0.2) is 0 Å². The molecule has 1 rings (SSSR count). The lowest BCUT2D eigenvalue weighted by Crippen LogP contribution is -1.80. The van der Waals surface area contributed by atoms with Crippen molar-refractivity contribution in [2.45, 2.75) is 38.5 Å². The molecule has 0 aromatic rings. The molecule has 0 bridgehead atoms. The summed E-state index contributed by atoms with van der Waals surface area (Å²) in [6, 6.07) is 0. The van der Waals surface area contributed by atoms with E-state index in [1.807, 2.05) is 0 Å². The Hall–Kier alpha value is -0.440. The van der Waals surface area contributed by atoms with Crippen LogP contribution in [-0.2, 0) is 0 Å². The second-order valence-corrected chi connectivity index (χ2v) is 2.27. The fourth-order valence-electron chi connectivity index (χ4n) is 0.957. The van der Waals surface area contributed by atoms with Crippen LogP contribution in [0.3, 0.4) is 0 Å². The average molecular weight is 108 g/mol. The molecule has 0 unspecified atom stereocenters. The minimum absolute atomic E-state index is 1.14. The van der Waals surface area contributed by atoms with E-state index in [0.717, 1.165) is 12.8 Å². The third-order valence-corrected chi connectivity index (χ3v) is 1.48. The quantitative estimate of drug-likeness (QED) is 0.418. The summed E-state index contributed by atoms with van der Waals surface area (Å²) in [5, 5.41) is 0. The molecule has 1 aliphatic rings. The fraction of sp³-hybridized carbons (Fsp3) is 0.750. The lowest BCUT2D eigenvalue weighted by atomic mass is 10.1. The first-order chi connectivity index (χ1) is 4.00. The lowest BCUT2D eigenvalue weighted by molar-refractivity contribution is 0.652. The summed E-state index contributed by atoms with van der Waals surface area (Å²) in [6.45, 7) is 0. The van der Waals surface area contributed by atoms with Gasteiger partial charge in [-0.15, -0.1) is 11.8 Å². The monoisotopic (exact) mass is 108 g/mol. The third-order valence-electron chi connectivity index (χ3n) is 1.48. The number of hydrogen-bond acceptors (Lipinski definition) is 0. The van der Waals surface area contributed by atoms with Gasteiger partial charge in [-0.1, -0.05) is 12.8 Å². The van der Waals surface area contributed by atoms with Gasteiger partial charge in [0.1, 0.15) is 0 Å². The highest BCUT2D eigenvalue weighted by atomic mass is 13.9. The number of hydrogen-bond donors (Lipinski definition) is 0. The Morgan fingerprint density at radius 2 is 1.12 bits per heavy atom. The molecule has 0 N–H and O–H groups in total. The number of rotatable bonds is 0. The van der Waals surface area contributed by atoms with Gasteiger partial charge < -0.3 is 0 Å². The van der Waals surface area contributed by atoms with Crippen LogP contribution in [0.5, 0.6) is 0 Å². The van der Waals surface area contributed by atoms with Crippen molar-refractivity contribution in [3.05, 3.63) is 0 Å². The topological polar surface area (TPSA) is 0 Å². The Morgan fingerprint density at radius 3 is 1.62 bits per heavy atom. The van der Waals surface area contributed by atoms with E-state index in [1.54, 1.807) is 0 Å². The molecule has 0 heterocycles. The van der Waals surface area contributed by atoms with Crippen molar-refractivity contribution in [1.82, 2.24) is 0 Å². The van der Waals surface area contributed by atoms with Gasteiger partial charge >= 0.3 is 0 Å². The van der Waals surface area contributed by atoms with Crippen LogP contribution in [0.4, 0.5) is 0 Å². The molecule has 0 atom stereocenters. The van der Waals surface area contributed by atoms with E-state index in [1.165, 1.54) is 25.7 Å². The Balaban J connectivity index is 2.24. The molecule has 0 fully saturated rings. The zero-order chi connectivity index (χ0) is 5.66. The molecule has 0 aromatic carbocycles. The van der Waals surface area contributed by atoms with Crippen LogP contribution in [0.25, 0.3) is 0 Å². The van der Waals surface area contributed by atoms with Gasteiger partial charge in [0.15, 0.2) is 0 Å². The minimum atomic E-state index is 1.14. The molecular weight excluding hydrogens is 96.1 g/mol. The van der Waals surface area contributed by atoms with Crippen molar-refractivity contribution in [2.24, 2.45) is 0 Å². The smallest absolute Gasteiger partial charge is 0.00886 e. The van der Waals surface area contributed by atoms with Crippen molar-refractivity contribution in [2.75, 3.05) is 0 Å². The SMILES string of the molecule is C1#CCCCCCC1. The van der Waals surface area contributed by atoms with E-state index >= 15 is 0 Å². The Bertz CT molecular complexity index is 90.9. The summed E-state index contributed by atoms with van der Waals surface area (Å²) in [6.07, 6.45) is 7.73. The van der Waals surface area contributed by atoms with Gasteiger partial charge in [0, 0.05) is 12.8 Å². The van der Waals surface area contributed by atoms with E-state index < -0.39 is 0 Å². The van der Waals surface area contributed by atoms with Gasteiger partial charge in [-0.25, -0.2) is 0 Å². The van der Waals surface area contributed by atoms with E-state index in [4.69, 9.17) is 0 Å². The maximum atomic E-state index is 3.14. The molecule has 0 radical (unpaired) electrons. The zero-order valence-electron chi connectivity index (χ0n) is 5.24. The van der Waals surface area contributed by atoms with E-state index in [0.29, 0.717) is 0 Å². The Kier molecular flexibility index (Phi) is 2.52. The highest BCUT2D eigenvalue weighted by Gasteiger charge is 1.89. The van der Waals surface area contributed by atoms with Crippen molar-refractivity contribution >= 4 is 0 Å². The van der Waals surface area contributed by atoms with Gasteiger partial charge in [-0.05, 0) is 12.8 Å². The molecule has 0 aliphatic heterocycles. The molecular formula is C8H12. The maximum absolute atomic E-state index is 3.14. The molecule has 0 saturated carbocycles. The second kappa shape index (κ2) is 3.55. The largest absolute Gasteiger partial charge is 0.103 e. The van der Waals surface area contributed by atoms with Gasteiger partial charge in [0.25, 0.3) is 0 Å². The standard InChI is InChI=1S/C8H12/c1-2-4-6-8-7-5-3-1/h1-6H2. The van der Waals surface area contributed by atoms with Crippen molar-refractivity contribution in [1.29, 1.82) is 0 Å². The molecule has 8 heavy (non-hydrogen) atoms. The maximum Gasteiger partial charge on any atom is 0.00886 e. The van der Waals surface area contributed by atoms with Gasteiger partial charge in [-0.3, -0.25) is 0 Å². The summed E-state index contributed by atoms with van der Waals surface area (Å²) < 4.78 is 0. The first-order valence-electron chi connectivity index (χ1n) is 3.46. The Labute approximate surface area is 51.3 Å². The second-order valence-electron chi connectivity index (χ2n) is 2.27. The highest BCUT2D eigenvalue weighted by molar-refractivity contribution is 4.99. The van der Waals surface area contributed by atoms with Crippen LogP contribution in [0.2, 0.25) is 0 Å². The van der Waals surface area contributed by atoms with E-state index in [2.05, 4.69) is 11.8 Å². The molecule has 0 nitrogen and oxygen atoms in total. The van der Waals surface area contributed by atoms with Crippen molar-refractivity contribution < 1.29 is 0 Å². The molecule has 0 amide bonds. The molecule has 0 spiro atoms. The normalized spacial score (nSPS) is 20.0. The van der Waals surface area contributed by atoms with Gasteiger partial charge in [0.2, 0.25) is 0 Å². The molecule has 44 valence electrons. The summed E-state index contributed by atoms with van der Waals surface area (Å²) in [7, 11) is 0. The van der Waals surface area contributed by atoms with Crippen molar-refractivity contribution in [3.63, 3.8) is 0 Å². The highest BCUT2D eigenvalue weighted by Crippen LogP contribution is 2.06. The van der Waals surface area contributed by atoms with Crippen LogP contribution in [0.1, 0.15) is 38.5 Å². The summed E-state index contributed by atoms with van der Waals surface area (Å²) in [5.74, 6) is 6.27. The molecule has 0 saturated heterocycles. The zero-order valence-corrected chi connectivity index (χ0v) is 5.24. The van der Waals surface area contributed by atoms with Crippen LogP contribution >= 0.6 is 0 Å². The summed E-state index contributed by atoms with van der Waals surface area (Å²) in [4.78, 5) is 0. The predicted octanol–water partition coefficient (Wildman–Crippen LogP) is 2.34. The first-order valence-corrected chi connectivity index (χ1v) is 3.46.